The van der Waals surface area contributed by atoms with E-state index in [4.69, 9.17) is 18.0 Å². The zero-order valence-corrected chi connectivity index (χ0v) is 10.0. The summed E-state index contributed by atoms with van der Waals surface area (Å²) >= 11 is 4.89. The lowest BCUT2D eigenvalue weighted by Crippen LogP contribution is -2.20. The van der Waals surface area contributed by atoms with Crippen LogP contribution in [0.2, 0.25) is 0 Å². The number of nitrogens with one attached hydrogen (secondary N) is 1. The van der Waals surface area contributed by atoms with E-state index in [0.717, 1.165) is 6.42 Å². The smallest absolute Gasteiger partial charge is 0.228 e. The van der Waals surface area contributed by atoms with Crippen LogP contribution in [0.5, 0.6) is 0 Å². The number of nitrogens with two attached hydrogens (primary N) is 1. The maximum atomic E-state index is 11.8. The van der Waals surface area contributed by atoms with E-state index in [1.54, 1.807) is 17.9 Å². The van der Waals surface area contributed by atoms with Gasteiger partial charge in [0.1, 0.15) is 10.8 Å². The molecule has 0 aliphatic heterocycles. The number of carbonyl (C=O) groups excluding carboxylic acids is 1. The van der Waals surface area contributed by atoms with Crippen LogP contribution in [-0.4, -0.2) is 20.7 Å². The van der Waals surface area contributed by atoms with Crippen molar-refractivity contribution < 1.29 is 4.79 Å². The van der Waals surface area contributed by atoms with Gasteiger partial charge in [0.05, 0.1) is 11.8 Å². The molecule has 1 aliphatic rings. The molecule has 1 saturated carbocycles. The summed E-state index contributed by atoms with van der Waals surface area (Å²) in [6, 6.07) is 0. The molecule has 1 amide bonds. The molecular formula is C10H14N4OS. The zero-order valence-electron chi connectivity index (χ0n) is 9.23. The molecule has 2 unspecified atom stereocenters. The van der Waals surface area contributed by atoms with Gasteiger partial charge in [-0.1, -0.05) is 19.1 Å². The third kappa shape index (κ3) is 1.92. The van der Waals surface area contributed by atoms with Crippen LogP contribution in [0.3, 0.4) is 0 Å². The molecule has 0 bridgehead atoms. The molecule has 16 heavy (non-hydrogen) atoms. The highest BCUT2D eigenvalue weighted by atomic mass is 32.1. The lowest BCUT2D eigenvalue weighted by atomic mass is 10.3. The summed E-state index contributed by atoms with van der Waals surface area (Å²) in [7, 11) is 1.74. The summed E-state index contributed by atoms with van der Waals surface area (Å²) in [6.07, 6.45) is 2.51. The van der Waals surface area contributed by atoms with Crippen LogP contribution in [0.25, 0.3) is 0 Å². The number of hydrogen-bond acceptors (Lipinski definition) is 3. The average molecular weight is 238 g/mol. The van der Waals surface area contributed by atoms with Crippen molar-refractivity contribution in [1.82, 2.24) is 9.78 Å². The molecule has 86 valence electrons. The van der Waals surface area contributed by atoms with Crippen LogP contribution in [0.1, 0.15) is 18.9 Å². The van der Waals surface area contributed by atoms with E-state index < -0.39 is 0 Å². The maximum absolute atomic E-state index is 11.8. The van der Waals surface area contributed by atoms with Gasteiger partial charge in [0.15, 0.2) is 0 Å². The number of aryl methyl sites for hydroxylation is 1. The highest BCUT2D eigenvalue weighted by molar-refractivity contribution is 7.80. The average Bonchev–Trinajstić information content (AvgIpc) is 2.82. The van der Waals surface area contributed by atoms with Crippen molar-refractivity contribution in [2.24, 2.45) is 24.6 Å². The van der Waals surface area contributed by atoms with Crippen molar-refractivity contribution in [3.8, 4) is 0 Å². The summed E-state index contributed by atoms with van der Waals surface area (Å²) in [5.74, 6) is 1.20. The number of rotatable bonds is 3. The Morgan fingerprint density at radius 2 is 2.38 bits per heavy atom. The number of aromatic nitrogens is 2. The Labute approximate surface area is 99.0 Å². The second-order valence-electron chi connectivity index (χ2n) is 4.20. The Balaban J connectivity index is 2.17. The number of anilines is 1. The van der Waals surface area contributed by atoms with Crippen molar-refractivity contribution in [3.05, 3.63) is 11.8 Å². The lowest BCUT2D eigenvalue weighted by molar-refractivity contribution is -0.117. The van der Waals surface area contributed by atoms with Crippen LogP contribution in [-0.2, 0) is 11.8 Å². The first-order valence-corrected chi connectivity index (χ1v) is 5.54. The van der Waals surface area contributed by atoms with Crippen molar-refractivity contribution in [1.29, 1.82) is 0 Å². The molecule has 2 atom stereocenters. The molecular weight excluding hydrogens is 224 g/mol. The lowest BCUT2D eigenvalue weighted by Gasteiger charge is -2.07. The van der Waals surface area contributed by atoms with Crippen molar-refractivity contribution in [2.45, 2.75) is 13.3 Å². The third-order valence-corrected chi connectivity index (χ3v) is 3.11. The second kappa shape index (κ2) is 3.86. The molecule has 1 aromatic heterocycles. The summed E-state index contributed by atoms with van der Waals surface area (Å²) in [5.41, 5.74) is 6.16. The minimum atomic E-state index is 0.0219. The van der Waals surface area contributed by atoms with E-state index in [1.165, 1.54) is 0 Å². The molecule has 1 heterocycles. The topological polar surface area (TPSA) is 72.9 Å². The standard InChI is InChI=1S/C10H14N4OS/c1-5-3-6(5)10(15)13-9-7(8(11)16)4-12-14(9)2/h4-6H,3H2,1-2H3,(H2,11,16)(H,13,15). The molecule has 6 heteroatoms. The SMILES string of the molecule is CC1CC1C(=O)Nc1c(C(N)=S)cnn1C. The largest absolute Gasteiger partial charge is 0.389 e. The summed E-state index contributed by atoms with van der Waals surface area (Å²) in [4.78, 5) is 12.0. The van der Waals surface area contributed by atoms with Gasteiger partial charge in [-0.25, -0.2) is 0 Å². The Morgan fingerprint density at radius 3 is 2.88 bits per heavy atom. The van der Waals surface area contributed by atoms with Gasteiger partial charge in [0, 0.05) is 13.0 Å². The Morgan fingerprint density at radius 1 is 1.75 bits per heavy atom. The van der Waals surface area contributed by atoms with Gasteiger partial charge in [-0.05, 0) is 12.3 Å². The van der Waals surface area contributed by atoms with E-state index >= 15 is 0 Å². The molecule has 5 nitrogen and oxygen atoms in total. The van der Waals surface area contributed by atoms with E-state index in [1.807, 2.05) is 0 Å². The number of amides is 1. The van der Waals surface area contributed by atoms with Gasteiger partial charge in [0.25, 0.3) is 0 Å². The third-order valence-electron chi connectivity index (χ3n) is 2.89. The van der Waals surface area contributed by atoms with Crippen molar-refractivity contribution in [3.63, 3.8) is 0 Å². The second-order valence-corrected chi connectivity index (χ2v) is 4.64. The minimum Gasteiger partial charge on any atom is -0.389 e. The molecule has 1 aliphatic carbocycles. The Bertz CT molecular complexity index is 454. The molecule has 0 spiro atoms. The van der Waals surface area contributed by atoms with Crippen molar-refractivity contribution in [2.75, 3.05) is 5.32 Å². The first kappa shape index (κ1) is 11.1. The number of hydrogen-bond donors (Lipinski definition) is 2. The number of carbonyl (C=O) groups is 1. The highest BCUT2D eigenvalue weighted by Crippen LogP contribution is 2.38. The van der Waals surface area contributed by atoms with Gasteiger partial charge in [0.2, 0.25) is 5.91 Å². The van der Waals surface area contributed by atoms with Crippen LogP contribution in [0, 0.1) is 11.8 Å². The minimum absolute atomic E-state index is 0.0219. The summed E-state index contributed by atoms with van der Waals surface area (Å²) in [5, 5.41) is 6.85. The number of nitrogens with zero attached hydrogens (tertiary/aromatic N) is 2. The highest BCUT2D eigenvalue weighted by Gasteiger charge is 2.39. The van der Waals surface area contributed by atoms with Crippen LogP contribution >= 0.6 is 12.2 Å². The van der Waals surface area contributed by atoms with Crippen molar-refractivity contribution >= 4 is 28.9 Å². The Kier molecular flexibility index (Phi) is 2.67. The van der Waals surface area contributed by atoms with Gasteiger partial charge in [-0.3, -0.25) is 9.48 Å². The summed E-state index contributed by atoms with van der Waals surface area (Å²) in [6.45, 7) is 2.06. The first-order chi connectivity index (χ1) is 7.50. The fraction of sp³-hybridized carbons (Fsp3) is 0.500. The molecule has 0 radical (unpaired) electrons. The van der Waals surface area contributed by atoms with E-state index in [9.17, 15) is 4.79 Å². The van der Waals surface area contributed by atoms with Crippen LogP contribution in [0.15, 0.2) is 6.20 Å². The van der Waals surface area contributed by atoms with Gasteiger partial charge in [-0.15, -0.1) is 0 Å². The molecule has 0 aromatic carbocycles. The molecule has 0 saturated heterocycles. The zero-order chi connectivity index (χ0) is 11.9. The van der Waals surface area contributed by atoms with Crippen LogP contribution in [0.4, 0.5) is 5.82 Å². The van der Waals surface area contributed by atoms with Crippen LogP contribution < -0.4 is 11.1 Å². The maximum Gasteiger partial charge on any atom is 0.228 e. The normalized spacial score (nSPS) is 22.9. The first-order valence-electron chi connectivity index (χ1n) is 5.13. The Hall–Kier alpha value is -1.43. The predicted octanol–water partition coefficient (Wildman–Crippen LogP) is 0.649. The monoisotopic (exact) mass is 238 g/mol. The quantitative estimate of drug-likeness (QED) is 0.758. The van der Waals surface area contributed by atoms with E-state index in [0.29, 0.717) is 17.3 Å². The molecule has 3 N–H and O–H groups in total. The fourth-order valence-electron chi connectivity index (χ4n) is 1.66. The number of thiocarbonyl (C=S) groups is 1. The van der Waals surface area contributed by atoms with Gasteiger partial charge < -0.3 is 11.1 Å². The van der Waals surface area contributed by atoms with Gasteiger partial charge >= 0.3 is 0 Å². The van der Waals surface area contributed by atoms with Gasteiger partial charge in [-0.2, -0.15) is 5.10 Å². The predicted molar refractivity (Wildman–Crippen MR) is 65.0 cm³/mol. The molecule has 1 fully saturated rings. The van der Waals surface area contributed by atoms with E-state index in [-0.39, 0.29) is 16.8 Å². The van der Waals surface area contributed by atoms with E-state index in [2.05, 4.69) is 17.3 Å². The summed E-state index contributed by atoms with van der Waals surface area (Å²) < 4.78 is 1.57. The fourth-order valence-corrected chi connectivity index (χ4v) is 1.81. The molecule has 2 rings (SSSR count). The molecule has 1 aromatic rings.